The fourth-order valence-corrected chi connectivity index (χ4v) is 3.22. The van der Waals surface area contributed by atoms with Gasteiger partial charge in [0.05, 0.1) is 4.90 Å². The zero-order chi connectivity index (χ0) is 15.0. The number of anilines is 1. The van der Waals surface area contributed by atoms with Crippen LogP contribution in [0.3, 0.4) is 0 Å². The second-order valence-electron chi connectivity index (χ2n) is 4.89. The number of nitrogens with two attached hydrogens (primary N) is 1. The van der Waals surface area contributed by atoms with E-state index >= 15 is 0 Å². The van der Waals surface area contributed by atoms with E-state index in [4.69, 9.17) is 5.84 Å². The van der Waals surface area contributed by atoms with Crippen molar-refractivity contribution < 1.29 is 8.42 Å². The summed E-state index contributed by atoms with van der Waals surface area (Å²) < 4.78 is 27.1. The lowest BCUT2D eigenvalue weighted by atomic mass is 10.1. The zero-order valence-corrected chi connectivity index (χ0v) is 12.9. The maximum Gasteiger partial charge on any atom is 0.240 e. The summed E-state index contributed by atoms with van der Waals surface area (Å²) in [6.45, 7) is 4.03. The minimum Gasteiger partial charge on any atom is -0.308 e. The van der Waals surface area contributed by atoms with Crippen LogP contribution in [0.5, 0.6) is 0 Å². The van der Waals surface area contributed by atoms with Crippen molar-refractivity contribution in [2.45, 2.75) is 56.9 Å². The molecule has 1 atom stereocenters. The molecule has 1 rings (SSSR count). The molecular weight excluding hydrogens is 276 g/mol. The molecule has 0 aliphatic rings. The van der Waals surface area contributed by atoms with Crippen molar-refractivity contribution >= 4 is 15.8 Å². The average molecular weight is 300 g/mol. The van der Waals surface area contributed by atoms with Gasteiger partial charge in [-0.3, -0.25) is 0 Å². The van der Waals surface area contributed by atoms with Gasteiger partial charge in [0.2, 0.25) is 10.0 Å². The van der Waals surface area contributed by atoms with Crippen LogP contribution in [0, 0.1) is 0 Å². The molecule has 1 unspecified atom stereocenters. The van der Waals surface area contributed by atoms with Gasteiger partial charge in [-0.25, -0.2) is 24.0 Å². The van der Waals surface area contributed by atoms with Gasteiger partial charge < -0.3 is 5.43 Å². The summed E-state index contributed by atoms with van der Waals surface area (Å²) >= 11 is 0. The molecule has 1 aromatic heterocycles. The predicted molar refractivity (Wildman–Crippen MR) is 80.6 cm³/mol. The Morgan fingerprint density at radius 3 is 2.75 bits per heavy atom. The van der Waals surface area contributed by atoms with Gasteiger partial charge in [0, 0.05) is 18.3 Å². The highest BCUT2D eigenvalue weighted by atomic mass is 32.2. The summed E-state index contributed by atoms with van der Waals surface area (Å²) in [4.78, 5) is 4.06. The monoisotopic (exact) mass is 300 g/mol. The highest BCUT2D eigenvalue weighted by molar-refractivity contribution is 7.89. The molecule has 7 heteroatoms. The van der Waals surface area contributed by atoms with Crippen molar-refractivity contribution in [2.24, 2.45) is 5.84 Å². The lowest BCUT2D eigenvalue weighted by Crippen LogP contribution is -2.32. The van der Waals surface area contributed by atoms with Crippen LogP contribution >= 0.6 is 0 Å². The van der Waals surface area contributed by atoms with Crippen LogP contribution in [0.25, 0.3) is 0 Å². The van der Waals surface area contributed by atoms with Crippen LogP contribution in [0.1, 0.15) is 46.0 Å². The summed E-state index contributed by atoms with van der Waals surface area (Å²) in [5.41, 5.74) is 2.34. The number of hydrazine groups is 1. The first-order chi connectivity index (χ1) is 9.49. The van der Waals surface area contributed by atoms with Gasteiger partial charge in [-0.15, -0.1) is 0 Å². The molecule has 0 aromatic carbocycles. The van der Waals surface area contributed by atoms with Gasteiger partial charge in [0.15, 0.2) is 0 Å². The van der Waals surface area contributed by atoms with Crippen LogP contribution in [-0.2, 0) is 10.0 Å². The van der Waals surface area contributed by atoms with Gasteiger partial charge in [-0.1, -0.05) is 32.6 Å². The average Bonchev–Trinajstić information content (AvgIpc) is 2.43. The highest BCUT2D eigenvalue weighted by Gasteiger charge is 2.17. The third-order valence-corrected chi connectivity index (χ3v) is 4.62. The number of aromatic nitrogens is 1. The molecule has 0 spiro atoms. The summed E-state index contributed by atoms with van der Waals surface area (Å²) in [7, 11) is -3.52. The molecule has 114 valence electrons. The number of unbranched alkanes of at least 4 members (excludes halogenated alkanes) is 3. The molecule has 6 nitrogen and oxygen atoms in total. The van der Waals surface area contributed by atoms with E-state index in [1.54, 1.807) is 0 Å². The van der Waals surface area contributed by atoms with Crippen LogP contribution in [0.4, 0.5) is 5.82 Å². The summed E-state index contributed by atoms with van der Waals surface area (Å²) in [6.07, 6.45) is 6.78. The van der Waals surface area contributed by atoms with Gasteiger partial charge in [-0.2, -0.15) is 0 Å². The molecule has 0 aliphatic heterocycles. The van der Waals surface area contributed by atoms with E-state index in [2.05, 4.69) is 22.1 Å². The van der Waals surface area contributed by atoms with Crippen molar-refractivity contribution in [1.82, 2.24) is 9.71 Å². The molecule has 0 amide bonds. The quantitative estimate of drug-likeness (QED) is 0.368. The van der Waals surface area contributed by atoms with E-state index in [1.165, 1.54) is 31.2 Å². The number of nitrogen functional groups attached to an aromatic ring is 1. The summed E-state index contributed by atoms with van der Waals surface area (Å²) in [6, 6.07) is 2.78. The molecule has 4 N–H and O–H groups in total. The Balaban J connectivity index is 2.59. The Morgan fingerprint density at radius 1 is 1.35 bits per heavy atom. The lowest BCUT2D eigenvalue weighted by Gasteiger charge is -2.14. The Labute approximate surface area is 121 Å². The van der Waals surface area contributed by atoms with Crippen molar-refractivity contribution in [2.75, 3.05) is 5.43 Å². The first-order valence-electron chi connectivity index (χ1n) is 6.94. The SMILES string of the molecule is CCCCCCC(C)NS(=O)(=O)c1ccnc(NN)c1. The van der Waals surface area contributed by atoms with Crippen LogP contribution in [-0.4, -0.2) is 19.4 Å². The van der Waals surface area contributed by atoms with E-state index in [9.17, 15) is 8.42 Å². The smallest absolute Gasteiger partial charge is 0.240 e. The molecule has 0 aliphatic carbocycles. The van der Waals surface area contributed by atoms with Crippen LogP contribution in [0.2, 0.25) is 0 Å². The fourth-order valence-electron chi connectivity index (χ4n) is 1.93. The molecule has 1 heterocycles. The molecule has 0 saturated heterocycles. The Kier molecular flexibility index (Phi) is 6.90. The molecule has 0 saturated carbocycles. The Hall–Kier alpha value is -1.18. The third kappa shape index (κ3) is 5.44. The minimum absolute atomic E-state index is 0.0840. The summed E-state index contributed by atoms with van der Waals surface area (Å²) in [5, 5.41) is 0. The van der Waals surface area contributed by atoms with E-state index in [0.717, 1.165) is 19.3 Å². The fraction of sp³-hybridized carbons (Fsp3) is 0.615. The van der Waals surface area contributed by atoms with Crippen LogP contribution in [0.15, 0.2) is 23.2 Å². The number of pyridine rings is 1. The Bertz CT molecular complexity index is 505. The van der Waals surface area contributed by atoms with Gasteiger partial charge >= 0.3 is 0 Å². The standard InChI is InChI=1S/C13H24N4O2S/c1-3-4-5-6-7-11(2)17-20(18,19)12-8-9-15-13(10-12)16-14/h8-11,17H,3-7,14H2,1-2H3,(H,15,16). The van der Waals surface area contributed by atoms with E-state index in [1.807, 2.05) is 6.92 Å². The highest BCUT2D eigenvalue weighted by Crippen LogP contribution is 2.13. The predicted octanol–water partition coefficient (Wildman–Crippen LogP) is 2.00. The number of nitrogens with zero attached hydrogens (tertiary/aromatic N) is 1. The molecule has 1 aromatic rings. The number of nitrogens with one attached hydrogen (secondary N) is 2. The van der Waals surface area contributed by atoms with Crippen LogP contribution < -0.4 is 16.0 Å². The van der Waals surface area contributed by atoms with E-state index in [-0.39, 0.29) is 10.9 Å². The zero-order valence-electron chi connectivity index (χ0n) is 12.1. The molecule has 20 heavy (non-hydrogen) atoms. The van der Waals surface area contributed by atoms with E-state index in [0.29, 0.717) is 5.82 Å². The first-order valence-corrected chi connectivity index (χ1v) is 8.43. The van der Waals surface area contributed by atoms with Gasteiger partial charge in [-0.05, 0) is 19.4 Å². The molecular formula is C13H24N4O2S. The van der Waals surface area contributed by atoms with E-state index < -0.39 is 10.0 Å². The largest absolute Gasteiger partial charge is 0.308 e. The second-order valence-corrected chi connectivity index (χ2v) is 6.61. The van der Waals surface area contributed by atoms with Crippen molar-refractivity contribution in [3.05, 3.63) is 18.3 Å². The van der Waals surface area contributed by atoms with Gasteiger partial charge in [0.25, 0.3) is 0 Å². The maximum atomic E-state index is 12.2. The van der Waals surface area contributed by atoms with Crippen molar-refractivity contribution in [3.8, 4) is 0 Å². The van der Waals surface area contributed by atoms with Crippen molar-refractivity contribution in [1.29, 1.82) is 0 Å². The number of rotatable bonds is 9. The minimum atomic E-state index is -3.52. The normalized spacial score (nSPS) is 13.2. The second kappa shape index (κ2) is 8.18. The molecule has 0 fully saturated rings. The number of hydrogen-bond donors (Lipinski definition) is 3. The number of hydrogen-bond acceptors (Lipinski definition) is 5. The van der Waals surface area contributed by atoms with Crippen molar-refractivity contribution in [3.63, 3.8) is 0 Å². The first kappa shape index (κ1) is 16.9. The third-order valence-electron chi connectivity index (χ3n) is 3.04. The maximum absolute atomic E-state index is 12.2. The Morgan fingerprint density at radius 2 is 2.10 bits per heavy atom. The van der Waals surface area contributed by atoms with Gasteiger partial charge in [0.1, 0.15) is 5.82 Å². The lowest BCUT2D eigenvalue weighted by molar-refractivity contribution is 0.522. The molecule has 0 radical (unpaired) electrons. The molecule has 0 bridgehead atoms. The topological polar surface area (TPSA) is 97.1 Å². The number of sulfonamides is 1. The summed E-state index contributed by atoms with van der Waals surface area (Å²) in [5.74, 6) is 5.55.